The fraction of sp³-hybridized carbons (Fsp3) is 0.500. The molecule has 1 aliphatic rings. The molecular weight excluding hydrogens is 272 g/mol. The van der Waals surface area contributed by atoms with Gasteiger partial charge < -0.3 is 15.1 Å². The van der Waals surface area contributed by atoms with Gasteiger partial charge in [-0.15, -0.1) is 0 Å². The van der Waals surface area contributed by atoms with Crippen LogP contribution in [0.5, 0.6) is 0 Å². The predicted molar refractivity (Wildman–Crippen MR) is 80.4 cm³/mol. The first-order valence-corrected chi connectivity index (χ1v) is 7.09. The maximum Gasteiger partial charge on any atom is 0.271 e. The Labute approximate surface area is 123 Å². The molecule has 0 unspecified atom stereocenters. The number of hydrogen-bond donors (Lipinski definition) is 1. The van der Waals surface area contributed by atoms with Crippen molar-refractivity contribution in [3.63, 3.8) is 0 Å². The Kier molecular flexibility index (Phi) is 5.10. The molecule has 0 radical (unpaired) electrons. The first kappa shape index (κ1) is 15.2. The van der Waals surface area contributed by atoms with Crippen molar-refractivity contribution < 1.29 is 9.72 Å². The van der Waals surface area contributed by atoms with Crippen LogP contribution in [0.3, 0.4) is 0 Å². The van der Waals surface area contributed by atoms with E-state index in [1.54, 1.807) is 12.1 Å². The lowest BCUT2D eigenvalue weighted by Crippen LogP contribution is -2.50. The second-order valence-corrected chi connectivity index (χ2v) is 4.93. The number of carbonyl (C=O) groups is 1. The number of non-ortho nitro benzene ring substituents is 1. The van der Waals surface area contributed by atoms with Gasteiger partial charge in [-0.05, 0) is 12.6 Å². The van der Waals surface area contributed by atoms with Gasteiger partial charge in [-0.1, -0.05) is 13.0 Å². The number of nitro benzene ring substituents is 1. The number of likely N-dealkylation sites (N-methyl/N-ethyl adjacent to an activating group) is 1. The van der Waals surface area contributed by atoms with Gasteiger partial charge in [0.15, 0.2) is 0 Å². The van der Waals surface area contributed by atoms with Gasteiger partial charge in [0.1, 0.15) is 0 Å². The van der Waals surface area contributed by atoms with E-state index < -0.39 is 0 Å². The molecule has 1 amide bonds. The highest BCUT2D eigenvalue weighted by atomic mass is 16.6. The van der Waals surface area contributed by atoms with Crippen molar-refractivity contribution >= 4 is 17.3 Å². The monoisotopic (exact) mass is 292 g/mol. The molecule has 0 aliphatic carbocycles. The highest BCUT2D eigenvalue weighted by Crippen LogP contribution is 2.22. The van der Waals surface area contributed by atoms with Crippen molar-refractivity contribution in [2.75, 3.05) is 44.2 Å². The van der Waals surface area contributed by atoms with Crippen LogP contribution in [-0.2, 0) is 4.79 Å². The summed E-state index contributed by atoms with van der Waals surface area (Å²) >= 11 is 0. The fourth-order valence-electron chi connectivity index (χ4n) is 2.36. The topological polar surface area (TPSA) is 78.7 Å². The van der Waals surface area contributed by atoms with E-state index in [1.807, 2.05) is 17.9 Å². The summed E-state index contributed by atoms with van der Waals surface area (Å²) in [6.07, 6.45) is 0. The third-order valence-electron chi connectivity index (χ3n) is 3.56. The van der Waals surface area contributed by atoms with E-state index in [-0.39, 0.29) is 16.5 Å². The van der Waals surface area contributed by atoms with Crippen LogP contribution in [0.4, 0.5) is 11.4 Å². The van der Waals surface area contributed by atoms with Crippen LogP contribution >= 0.6 is 0 Å². The zero-order chi connectivity index (χ0) is 15.2. The molecule has 0 saturated carbocycles. The van der Waals surface area contributed by atoms with Gasteiger partial charge >= 0.3 is 0 Å². The molecule has 1 heterocycles. The molecule has 1 saturated heterocycles. The second-order valence-electron chi connectivity index (χ2n) is 4.93. The molecule has 1 aromatic rings. The predicted octanol–water partition coefficient (Wildman–Crippen LogP) is 0.853. The van der Waals surface area contributed by atoms with E-state index in [1.165, 1.54) is 6.07 Å². The number of nitrogens with one attached hydrogen (secondary N) is 1. The van der Waals surface area contributed by atoms with Crippen molar-refractivity contribution in [3.05, 3.63) is 34.4 Å². The van der Waals surface area contributed by atoms with Crippen LogP contribution in [0.2, 0.25) is 0 Å². The molecule has 21 heavy (non-hydrogen) atoms. The minimum atomic E-state index is -0.389. The van der Waals surface area contributed by atoms with E-state index in [0.29, 0.717) is 32.7 Å². The van der Waals surface area contributed by atoms with Crippen LogP contribution in [-0.4, -0.2) is 55.0 Å². The van der Waals surface area contributed by atoms with Gasteiger partial charge in [0.05, 0.1) is 11.5 Å². The van der Waals surface area contributed by atoms with Crippen molar-refractivity contribution in [1.29, 1.82) is 0 Å². The lowest BCUT2D eigenvalue weighted by atomic mass is 10.2. The number of anilines is 1. The molecule has 7 heteroatoms. The average Bonchev–Trinajstić information content (AvgIpc) is 2.53. The van der Waals surface area contributed by atoms with Crippen LogP contribution in [0.1, 0.15) is 6.92 Å². The molecule has 1 aromatic carbocycles. The van der Waals surface area contributed by atoms with Gasteiger partial charge in [0, 0.05) is 44.0 Å². The summed E-state index contributed by atoms with van der Waals surface area (Å²) in [4.78, 5) is 26.2. The smallest absolute Gasteiger partial charge is 0.271 e. The van der Waals surface area contributed by atoms with Crippen molar-refractivity contribution in [1.82, 2.24) is 10.2 Å². The summed E-state index contributed by atoms with van der Waals surface area (Å²) in [5.41, 5.74) is 0.932. The van der Waals surface area contributed by atoms with E-state index in [4.69, 9.17) is 0 Å². The minimum Gasteiger partial charge on any atom is -0.368 e. The molecule has 0 bridgehead atoms. The Balaban J connectivity index is 1.93. The van der Waals surface area contributed by atoms with E-state index in [0.717, 1.165) is 12.2 Å². The molecule has 114 valence electrons. The van der Waals surface area contributed by atoms with Gasteiger partial charge in [-0.3, -0.25) is 14.9 Å². The van der Waals surface area contributed by atoms with Crippen molar-refractivity contribution in [3.8, 4) is 0 Å². The molecule has 0 aromatic heterocycles. The zero-order valence-electron chi connectivity index (χ0n) is 12.1. The summed E-state index contributed by atoms with van der Waals surface area (Å²) < 4.78 is 0. The lowest BCUT2D eigenvalue weighted by Gasteiger charge is -2.36. The summed E-state index contributed by atoms with van der Waals surface area (Å²) in [5, 5.41) is 13.8. The fourth-order valence-corrected chi connectivity index (χ4v) is 2.36. The largest absolute Gasteiger partial charge is 0.368 e. The Morgan fingerprint density at radius 1 is 1.33 bits per heavy atom. The number of piperazine rings is 1. The Morgan fingerprint density at radius 3 is 2.67 bits per heavy atom. The molecule has 1 aliphatic heterocycles. The molecular formula is C14H20N4O3. The number of nitro groups is 1. The highest BCUT2D eigenvalue weighted by molar-refractivity contribution is 5.78. The van der Waals surface area contributed by atoms with E-state index in [9.17, 15) is 14.9 Å². The minimum absolute atomic E-state index is 0.0955. The van der Waals surface area contributed by atoms with E-state index in [2.05, 4.69) is 10.2 Å². The van der Waals surface area contributed by atoms with Gasteiger partial charge in [0.2, 0.25) is 5.91 Å². The molecule has 2 rings (SSSR count). The number of nitrogens with zero attached hydrogens (tertiary/aromatic N) is 3. The number of carbonyl (C=O) groups excluding carboxylic acids is 1. The number of amides is 1. The van der Waals surface area contributed by atoms with Crippen LogP contribution in [0.25, 0.3) is 0 Å². The summed E-state index contributed by atoms with van der Waals surface area (Å²) in [6, 6.07) is 6.62. The summed E-state index contributed by atoms with van der Waals surface area (Å²) in [5.74, 6) is 0.107. The molecule has 1 N–H and O–H groups in total. The van der Waals surface area contributed by atoms with Gasteiger partial charge in [-0.25, -0.2) is 0 Å². The first-order chi connectivity index (χ1) is 10.1. The third-order valence-corrected chi connectivity index (χ3v) is 3.56. The number of rotatable bonds is 5. The highest BCUT2D eigenvalue weighted by Gasteiger charge is 2.21. The molecule has 0 spiro atoms. The van der Waals surface area contributed by atoms with Crippen LogP contribution < -0.4 is 10.2 Å². The van der Waals surface area contributed by atoms with Crippen LogP contribution in [0.15, 0.2) is 24.3 Å². The standard InChI is InChI=1S/C14H20N4O3/c1-2-15-11-14(19)17-8-6-16(7-9-17)12-4-3-5-13(10-12)18(20)21/h3-5,10,15H,2,6-9,11H2,1H3. The van der Waals surface area contributed by atoms with Crippen LogP contribution in [0, 0.1) is 10.1 Å². The third kappa shape index (κ3) is 3.91. The maximum atomic E-state index is 11.9. The maximum absolute atomic E-state index is 11.9. The van der Waals surface area contributed by atoms with Gasteiger partial charge in [-0.2, -0.15) is 0 Å². The average molecular weight is 292 g/mol. The zero-order valence-corrected chi connectivity index (χ0v) is 12.1. The number of hydrogen-bond acceptors (Lipinski definition) is 5. The Bertz CT molecular complexity index is 513. The molecule has 7 nitrogen and oxygen atoms in total. The summed E-state index contributed by atoms with van der Waals surface area (Å²) in [7, 11) is 0. The quantitative estimate of drug-likeness (QED) is 0.643. The number of benzene rings is 1. The normalized spacial score (nSPS) is 15.1. The molecule has 1 fully saturated rings. The first-order valence-electron chi connectivity index (χ1n) is 7.09. The summed E-state index contributed by atoms with van der Waals surface area (Å²) in [6.45, 7) is 5.79. The van der Waals surface area contributed by atoms with E-state index >= 15 is 0 Å². The van der Waals surface area contributed by atoms with Gasteiger partial charge in [0.25, 0.3) is 5.69 Å². The van der Waals surface area contributed by atoms with Crippen molar-refractivity contribution in [2.24, 2.45) is 0 Å². The lowest BCUT2D eigenvalue weighted by molar-refractivity contribution is -0.384. The Morgan fingerprint density at radius 2 is 2.05 bits per heavy atom. The Hall–Kier alpha value is -2.15. The molecule has 0 atom stereocenters. The SMILES string of the molecule is CCNCC(=O)N1CCN(c2cccc([N+](=O)[O-])c2)CC1. The second kappa shape index (κ2) is 7.03. The van der Waals surface area contributed by atoms with Crippen molar-refractivity contribution in [2.45, 2.75) is 6.92 Å².